The summed E-state index contributed by atoms with van der Waals surface area (Å²) in [6.45, 7) is 8.80. The monoisotopic (exact) mass is 250 g/mol. The van der Waals surface area contributed by atoms with Gasteiger partial charge in [-0.05, 0) is 33.8 Å². The molecule has 0 aromatic carbocycles. The Morgan fingerprint density at radius 2 is 1.44 bits per heavy atom. The molecular weight excluding hydrogens is 228 g/mol. The van der Waals surface area contributed by atoms with Gasteiger partial charge in [0.25, 0.3) is 5.95 Å². The van der Waals surface area contributed by atoms with E-state index < -0.39 is 9.05 Å². The second-order valence-electron chi connectivity index (χ2n) is 2.71. The lowest BCUT2D eigenvalue weighted by atomic mass is 10.7. The van der Waals surface area contributed by atoms with Crippen molar-refractivity contribution in [3.63, 3.8) is 0 Å². The zero-order chi connectivity index (χ0) is 12.4. The second-order valence-corrected chi connectivity index (χ2v) is 4.78. The Bertz CT molecular complexity index is 190. The van der Waals surface area contributed by atoms with E-state index >= 15 is 0 Å². The maximum atomic E-state index is 5.57. The minimum atomic E-state index is -3.09. The fourth-order valence-corrected chi connectivity index (χ4v) is 3.02. The van der Waals surface area contributed by atoms with Crippen molar-refractivity contribution in [1.82, 2.24) is 0 Å². The molecule has 0 rings (SSSR count). The quantitative estimate of drug-likeness (QED) is 0.463. The molecule has 5 nitrogen and oxygen atoms in total. The van der Waals surface area contributed by atoms with E-state index in [0.29, 0.717) is 25.8 Å². The van der Waals surface area contributed by atoms with Crippen molar-refractivity contribution in [2.24, 2.45) is 0 Å². The van der Waals surface area contributed by atoms with Gasteiger partial charge in [-0.2, -0.15) is 0 Å². The first-order chi connectivity index (χ1) is 7.67. The van der Waals surface area contributed by atoms with Gasteiger partial charge in [-0.25, -0.2) is 0 Å². The van der Waals surface area contributed by atoms with Crippen LogP contribution in [0.3, 0.4) is 0 Å². The molecule has 0 saturated carbocycles. The van der Waals surface area contributed by atoms with E-state index in [1.807, 2.05) is 27.7 Å². The third-order valence-corrected chi connectivity index (χ3v) is 4.00. The van der Waals surface area contributed by atoms with E-state index in [9.17, 15) is 0 Å². The minimum Gasteiger partial charge on any atom is -0.470 e. The van der Waals surface area contributed by atoms with Crippen molar-refractivity contribution in [3.8, 4) is 0 Å². The summed E-state index contributed by atoms with van der Waals surface area (Å²) in [5.41, 5.74) is 0. The highest BCUT2D eigenvalue weighted by Crippen LogP contribution is 2.16. The van der Waals surface area contributed by atoms with Gasteiger partial charge in [-0.15, -0.1) is 0 Å². The normalized spacial score (nSPS) is 12.7. The molecule has 0 aromatic heterocycles. The molecule has 0 bridgehead atoms. The summed E-state index contributed by atoms with van der Waals surface area (Å²) >= 11 is 0. The average Bonchev–Trinajstić information content (AvgIpc) is 2.27. The third-order valence-electron chi connectivity index (χ3n) is 1.63. The molecule has 6 heteroatoms. The third kappa shape index (κ3) is 4.98. The van der Waals surface area contributed by atoms with Crippen LogP contribution in [0, 0.1) is 0 Å². The molecule has 0 aliphatic carbocycles. The van der Waals surface area contributed by atoms with Gasteiger partial charge in [0.1, 0.15) is 0 Å². The highest BCUT2D eigenvalue weighted by Gasteiger charge is 2.48. The van der Waals surface area contributed by atoms with Crippen LogP contribution < -0.4 is 0 Å². The molecule has 0 unspecified atom stereocenters. The Balaban J connectivity index is 4.70. The Labute approximate surface area is 98.8 Å². The highest BCUT2D eigenvalue weighted by atomic mass is 28.4. The SMILES string of the molecule is C/C=C(/OC)O[Si](OCC)(OCC)OCC. The van der Waals surface area contributed by atoms with Crippen LogP contribution in [0.4, 0.5) is 0 Å². The van der Waals surface area contributed by atoms with E-state index in [2.05, 4.69) is 0 Å². The molecule has 0 aliphatic heterocycles. The number of methoxy groups -OCH3 is 1. The Morgan fingerprint density at radius 3 is 1.69 bits per heavy atom. The van der Waals surface area contributed by atoms with Crippen LogP contribution in [-0.4, -0.2) is 36.0 Å². The molecule has 0 amide bonds. The first-order valence-corrected chi connectivity index (χ1v) is 7.12. The van der Waals surface area contributed by atoms with Gasteiger partial charge in [0, 0.05) is 19.8 Å². The molecule has 0 atom stereocenters. The van der Waals surface area contributed by atoms with Crippen LogP contribution in [-0.2, 0) is 22.4 Å². The molecule has 0 radical (unpaired) electrons. The fraction of sp³-hybridized carbons (Fsp3) is 0.800. The molecule has 96 valence electrons. The molecule has 0 heterocycles. The van der Waals surface area contributed by atoms with E-state index in [-0.39, 0.29) is 0 Å². The molecule has 0 spiro atoms. The number of hydrogen-bond acceptors (Lipinski definition) is 5. The van der Waals surface area contributed by atoms with Crippen LogP contribution in [0.5, 0.6) is 0 Å². The smallest absolute Gasteiger partial charge is 0.470 e. The predicted molar refractivity (Wildman–Crippen MR) is 62.5 cm³/mol. The molecule has 0 saturated heterocycles. The predicted octanol–water partition coefficient (Wildman–Crippen LogP) is 2.06. The largest absolute Gasteiger partial charge is 0.751 e. The van der Waals surface area contributed by atoms with Crippen molar-refractivity contribution in [3.05, 3.63) is 12.0 Å². The van der Waals surface area contributed by atoms with E-state index in [1.165, 1.54) is 7.11 Å². The number of rotatable bonds is 9. The van der Waals surface area contributed by atoms with E-state index in [1.54, 1.807) is 6.08 Å². The fourth-order valence-electron chi connectivity index (χ4n) is 1.09. The van der Waals surface area contributed by atoms with Crippen molar-refractivity contribution < 1.29 is 22.4 Å². The maximum absolute atomic E-state index is 5.57. The van der Waals surface area contributed by atoms with Crippen molar-refractivity contribution in [2.45, 2.75) is 27.7 Å². The van der Waals surface area contributed by atoms with Crippen LogP contribution in [0.2, 0.25) is 0 Å². The standard InChI is InChI=1S/C10H22O5Si/c1-6-10(11-5)15-16(12-7-2,13-8-3)14-9-4/h6H,7-9H2,1-5H3/b10-6-. The Morgan fingerprint density at radius 1 is 1.00 bits per heavy atom. The highest BCUT2D eigenvalue weighted by molar-refractivity contribution is 6.53. The summed E-state index contributed by atoms with van der Waals surface area (Å²) in [7, 11) is -1.57. The van der Waals surface area contributed by atoms with Gasteiger partial charge in [-0.3, -0.25) is 0 Å². The summed E-state index contributed by atoms with van der Waals surface area (Å²) in [6.07, 6.45) is 1.69. The summed E-state index contributed by atoms with van der Waals surface area (Å²) in [4.78, 5) is 0. The topological polar surface area (TPSA) is 46.2 Å². The average molecular weight is 250 g/mol. The van der Waals surface area contributed by atoms with Gasteiger partial charge in [-0.1, -0.05) is 0 Å². The molecule has 0 aromatic rings. The number of allylic oxidation sites excluding steroid dienone is 1. The van der Waals surface area contributed by atoms with Gasteiger partial charge in [0.05, 0.1) is 7.11 Å². The Kier molecular flexibility index (Phi) is 8.27. The number of ether oxygens (including phenoxy) is 1. The van der Waals surface area contributed by atoms with Crippen molar-refractivity contribution >= 4 is 9.05 Å². The lowest BCUT2D eigenvalue weighted by molar-refractivity contribution is -0.0371. The lowest BCUT2D eigenvalue weighted by Gasteiger charge is -2.27. The summed E-state index contributed by atoms with van der Waals surface area (Å²) in [6, 6.07) is 0. The molecular formula is C10H22O5Si. The summed E-state index contributed by atoms with van der Waals surface area (Å²) in [5.74, 6) is 0.349. The van der Waals surface area contributed by atoms with Gasteiger partial charge < -0.3 is 22.4 Å². The van der Waals surface area contributed by atoms with Crippen molar-refractivity contribution in [1.29, 1.82) is 0 Å². The molecule has 0 aliphatic rings. The van der Waals surface area contributed by atoms with E-state index in [0.717, 1.165) is 0 Å². The van der Waals surface area contributed by atoms with Crippen LogP contribution in [0.15, 0.2) is 12.0 Å². The van der Waals surface area contributed by atoms with Crippen LogP contribution in [0.1, 0.15) is 27.7 Å². The first-order valence-electron chi connectivity index (χ1n) is 5.49. The second kappa shape index (κ2) is 8.57. The first kappa shape index (κ1) is 15.4. The van der Waals surface area contributed by atoms with E-state index in [4.69, 9.17) is 22.4 Å². The van der Waals surface area contributed by atoms with Crippen LogP contribution >= 0.6 is 0 Å². The van der Waals surface area contributed by atoms with Gasteiger partial charge >= 0.3 is 9.05 Å². The zero-order valence-electron chi connectivity index (χ0n) is 10.7. The molecule has 16 heavy (non-hydrogen) atoms. The lowest BCUT2D eigenvalue weighted by Crippen LogP contribution is -2.49. The molecule has 0 fully saturated rings. The summed E-state index contributed by atoms with van der Waals surface area (Å²) in [5, 5.41) is 0. The Hall–Kier alpha value is -0.563. The summed E-state index contributed by atoms with van der Waals surface area (Å²) < 4.78 is 27.1. The van der Waals surface area contributed by atoms with Gasteiger partial charge in [0.15, 0.2) is 0 Å². The zero-order valence-corrected chi connectivity index (χ0v) is 11.7. The van der Waals surface area contributed by atoms with Crippen LogP contribution in [0.25, 0.3) is 0 Å². The van der Waals surface area contributed by atoms with Gasteiger partial charge in [0.2, 0.25) is 0 Å². The minimum absolute atomic E-state index is 0.349. The number of hydrogen-bond donors (Lipinski definition) is 0. The molecule has 0 N–H and O–H groups in total. The van der Waals surface area contributed by atoms with Crippen molar-refractivity contribution in [2.75, 3.05) is 26.9 Å². The maximum Gasteiger partial charge on any atom is 0.751 e.